The Morgan fingerprint density at radius 1 is 1.43 bits per heavy atom. The number of nitrogens with zero attached hydrogens (tertiary/aromatic N) is 1. The second kappa shape index (κ2) is 2.94. The molecule has 4 heteroatoms. The zero-order chi connectivity index (χ0) is 9.60. The van der Waals surface area contributed by atoms with Gasteiger partial charge in [-0.15, -0.1) is 0 Å². The van der Waals surface area contributed by atoms with E-state index < -0.39 is 0 Å². The van der Waals surface area contributed by atoms with Crippen molar-refractivity contribution in [2.24, 2.45) is 0 Å². The van der Waals surface area contributed by atoms with Crippen LogP contribution in [0.25, 0.3) is 0 Å². The molecule has 1 aromatic rings. The topological polar surface area (TPSA) is 34.1 Å². The van der Waals surface area contributed by atoms with Crippen LogP contribution < -0.4 is 10.1 Å². The van der Waals surface area contributed by atoms with Crippen LogP contribution in [0.5, 0.6) is 5.75 Å². The van der Waals surface area contributed by atoms with Gasteiger partial charge in [0, 0.05) is 24.5 Å². The summed E-state index contributed by atoms with van der Waals surface area (Å²) < 4.78 is 6.76. The van der Waals surface area contributed by atoms with Crippen LogP contribution in [-0.4, -0.2) is 17.1 Å². The molecule has 2 heterocycles. The van der Waals surface area contributed by atoms with Gasteiger partial charge in [-0.3, -0.25) is 4.98 Å². The van der Waals surface area contributed by atoms with Crippen LogP contribution >= 0.6 is 15.9 Å². The molecular weight excluding hydrogens is 244 g/mol. The average Bonchev–Trinajstić information content (AvgIpc) is 2.96. The zero-order valence-corrected chi connectivity index (χ0v) is 9.30. The van der Waals surface area contributed by atoms with Crippen molar-refractivity contribution in [2.75, 3.05) is 6.61 Å². The number of ether oxygens (including phenoxy) is 1. The van der Waals surface area contributed by atoms with Gasteiger partial charge in [0.1, 0.15) is 12.4 Å². The number of hydrogen-bond acceptors (Lipinski definition) is 3. The minimum Gasteiger partial charge on any atom is -0.490 e. The summed E-state index contributed by atoms with van der Waals surface area (Å²) in [6.45, 7) is 1.64. The lowest BCUT2D eigenvalue weighted by atomic mass is 10.2. The van der Waals surface area contributed by atoms with Crippen molar-refractivity contribution in [1.82, 2.24) is 10.3 Å². The summed E-state index contributed by atoms with van der Waals surface area (Å²) in [5.74, 6) is 0.955. The molecular formula is C10H11BrN2O. The van der Waals surface area contributed by atoms with Crippen LogP contribution in [0, 0.1) is 0 Å². The van der Waals surface area contributed by atoms with Gasteiger partial charge < -0.3 is 10.1 Å². The summed E-state index contributed by atoms with van der Waals surface area (Å²) in [7, 11) is 0. The Morgan fingerprint density at radius 2 is 2.29 bits per heavy atom. The Morgan fingerprint density at radius 3 is 3.07 bits per heavy atom. The van der Waals surface area contributed by atoms with Crippen molar-refractivity contribution in [3.63, 3.8) is 0 Å². The molecule has 14 heavy (non-hydrogen) atoms. The molecule has 0 atom stereocenters. The number of hydrogen-bond donors (Lipinski definition) is 1. The van der Waals surface area contributed by atoms with E-state index in [0.717, 1.165) is 28.9 Å². The Bertz CT molecular complexity index is 376. The summed E-state index contributed by atoms with van der Waals surface area (Å²) >= 11 is 3.46. The molecule has 0 radical (unpaired) electrons. The standard InChI is InChI=1S/C10H11BrN2O/c11-8-5-12-3-7-4-13-10(1-2-10)6-14-9(7)8/h3,5,13H,1-2,4,6H2. The van der Waals surface area contributed by atoms with Gasteiger partial charge in [0.05, 0.1) is 10.0 Å². The molecule has 0 saturated heterocycles. The fraction of sp³-hybridized carbons (Fsp3) is 0.500. The van der Waals surface area contributed by atoms with Crippen LogP contribution in [0.4, 0.5) is 0 Å². The third-order valence-electron chi connectivity index (χ3n) is 2.93. The van der Waals surface area contributed by atoms with Gasteiger partial charge in [0.15, 0.2) is 0 Å². The zero-order valence-electron chi connectivity index (χ0n) is 7.72. The maximum absolute atomic E-state index is 5.81. The van der Waals surface area contributed by atoms with E-state index in [0.29, 0.717) is 0 Å². The Labute approximate surface area is 91.0 Å². The van der Waals surface area contributed by atoms with Crippen LogP contribution in [-0.2, 0) is 6.54 Å². The highest BCUT2D eigenvalue weighted by atomic mass is 79.9. The van der Waals surface area contributed by atoms with E-state index in [9.17, 15) is 0 Å². The van der Waals surface area contributed by atoms with E-state index in [4.69, 9.17) is 4.74 Å². The number of rotatable bonds is 0. The van der Waals surface area contributed by atoms with Gasteiger partial charge in [-0.1, -0.05) is 0 Å². The summed E-state index contributed by atoms with van der Waals surface area (Å²) in [5, 5.41) is 3.53. The molecule has 1 N–H and O–H groups in total. The van der Waals surface area contributed by atoms with Crippen molar-refractivity contribution < 1.29 is 4.74 Å². The van der Waals surface area contributed by atoms with Crippen molar-refractivity contribution in [1.29, 1.82) is 0 Å². The molecule has 1 saturated carbocycles. The highest BCUT2D eigenvalue weighted by Gasteiger charge is 2.44. The highest BCUT2D eigenvalue weighted by Crippen LogP contribution is 2.40. The lowest BCUT2D eigenvalue weighted by Crippen LogP contribution is -2.34. The summed E-state index contributed by atoms with van der Waals surface area (Å²) in [6, 6.07) is 0. The molecule has 3 rings (SSSR count). The molecule has 74 valence electrons. The minimum absolute atomic E-state index is 0.262. The number of fused-ring (bicyclic) bond motifs is 1. The predicted octanol–water partition coefficient (Wildman–Crippen LogP) is 1.86. The first-order valence-electron chi connectivity index (χ1n) is 4.79. The van der Waals surface area contributed by atoms with Crippen LogP contribution in [0.2, 0.25) is 0 Å². The summed E-state index contributed by atoms with van der Waals surface area (Å²) in [5.41, 5.74) is 1.40. The fourth-order valence-electron chi connectivity index (χ4n) is 1.77. The second-order valence-electron chi connectivity index (χ2n) is 4.03. The first kappa shape index (κ1) is 8.68. The van der Waals surface area contributed by atoms with E-state index in [1.807, 2.05) is 6.20 Å². The van der Waals surface area contributed by atoms with Gasteiger partial charge in [-0.2, -0.15) is 0 Å². The normalized spacial score (nSPS) is 22.4. The van der Waals surface area contributed by atoms with Gasteiger partial charge >= 0.3 is 0 Å². The van der Waals surface area contributed by atoms with Gasteiger partial charge in [0.2, 0.25) is 0 Å². The van der Waals surface area contributed by atoms with Crippen LogP contribution in [0.3, 0.4) is 0 Å². The molecule has 1 aromatic heterocycles. The molecule has 1 aliphatic heterocycles. The maximum atomic E-state index is 5.81. The molecule has 0 unspecified atom stereocenters. The highest BCUT2D eigenvalue weighted by molar-refractivity contribution is 9.10. The summed E-state index contributed by atoms with van der Waals surface area (Å²) in [4.78, 5) is 4.14. The predicted molar refractivity (Wildman–Crippen MR) is 56.2 cm³/mol. The van der Waals surface area contributed by atoms with Crippen LogP contribution in [0.1, 0.15) is 18.4 Å². The van der Waals surface area contributed by atoms with E-state index in [2.05, 4.69) is 26.2 Å². The quantitative estimate of drug-likeness (QED) is 0.768. The van der Waals surface area contributed by atoms with E-state index >= 15 is 0 Å². The van der Waals surface area contributed by atoms with Gasteiger partial charge in [-0.05, 0) is 28.8 Å². The first-order valence-corrected chi connectivity index (χ1v) is 5.59. The van der Waals surface area contributed by atoms with Crippen molar-refractivity contribution >= 4 is 15.9 Å². The minimum atomic E-state index is 0.262. The molecule has 3 nitrogen and oxygen atoms in total. The second-order valence-corrected chi connectivity index (χ2v) is 4.89. The molecule has 1 fully saturated rings. The molecule has 0 aromatic carbocycles. The van der Waals surface area contributed by atoms with E-state index in [-0.39, 0.29) is 5.54 Å². The number of halogens is 1. The SMILES string of the molecule is Brc1cncc2c1OCC1(CC1)NC2. The first-order chi connectivity index (χ1) is 6.79. The lowest BCUT2D eigenvalue weighted by Gasteiger charge is -2.12. The van der Waals surface area contributed by atoms with Gasteiger partial charge in [0.25, 0.3) is 0 Å². The number of aromatic nitrogens is 1. The third kappa shape index (κ3) is 1.33. The third-order valence-corrected chi connectivity index (χ3v) is 3.49. The maximum Gasteiger partial charge on any atom is 0.141 e. The van der Waals surface area contributed by atoms with Gasteiger partial charge in [-0.25, -0.2) is 0 Å². The number of nitrogens with one attached hydrogen (secondary N) is 1. The average molecular weight is 255 g/mol. The molecule has 0 amide bonds. The van der Waals surface area contributed by atoms with E-state index in [1.165, 1.54) is 12.8 Å². The van der Waals surface area contributed by atoms with Crippen molar-refractivity contribution in [3.05, 3.63) is 22.4 Å². The number of pyridine rings is 1. The van der Waals surface area contributed by atoms with Crippen LogP contribution in [0.15, 0.2) is 16.9 Å². The largest absolute Gasteiger partial charge is 0.490 e. The monoisotopic (exact) mass is 254 g/mol. The molecule has 1 spiro atoms. The summed E-state index contributed by atoms with van der Waals surface area (Å²) in [6.07, 6.45) is 6.11. The van der Waals surface area contributed by atoms with E-state index in [1.54, 1.807) is 6.20 Å². The van der Waals surface area contributed by atoms with Crippen molar-refractivity contribution in [3.8, 4) is 5.75 Å². The Balaban J connectivity index is 1.96. The Hall–Kier alpha value is -0.610. The molecule has 0 bridgehead atoms. The molecule has 2 aliphatic rings. The van der Waals surface area contributed by atoms with Crippen molar-refractivity contribution in [2.45, 2.75) is 24.9 Å². The smallest absolute Gasteiger partial charge is 0.141 e. The fourth-order valence-corrected chi connectivity index (χ4v) is 2.25. The molecule has 1 aliphatic carbocycles. The Kier molecular flexibility index (Phi) is 1.82. The lowest BCUT2D eigenvalue weighted by molar-refractivity contribution is 0.265.